The Bertz CT molecular complexity index is 782. The van der Waals surface area contributed by atoms with Crippen molar-refractivity contribution in [3.63, 3.8) is 0 Å². The van der Waals surface area contributed by atoms with Gasteiger partial charge in [0.1, 0.15) is 17.3 Å². The Hall–Kier alpha value is -2.16. The standard InChI is InChI=1S/C16H15BrF3N3O2/c1-9-7-13(16(18,19)20)23-14(22-9)5-6-21-15(24)11-8-10(25-2)3-4-12(11)17/h3-4,7-8H,5-6H2,1-2H3,(H,21,24). The van der Waals surface area contributed by atoms with Gasteiger partial charge in [-0.15, -0.1) is 0 Å². The highest BCUT2D eigenvalue weighted by molar-refractivity contribution is 9.10. The van der Waals surface area contributed by atoms with Gasteiger partial charge >= 0.3 is 6.18 Å². The van der Waals surface area contributed by atoms with Gasteiger partial charge in [-0.05, 0) is 47.1 Å². The minimum atomic E-state index is -4.53. The molecule has 0 saturated carbocycles. The summed E-state index contributed by atoms with van der Waals surface area (Å²) in [6.07, 6.45) is -4.45. The Kier molecular flexibility index (Phi) is 5.99. The maximum Gasteiger partial charge on any atom is 0.433 e. The van der Waals surface area contributed by atoms with Crippen molar-refractivity contribution >= 4 is 21.8 Å². The average molecular weight is 418 g/mol. The molecule has 0 atom stereocenters. The van der Waals surface area contributed by atoms with Crippen LogP contribution in [-0.4, -0.2) is 29.5 Å². The first kappa shape index (κ1) is 19.2. The lowest BCUT2D eigenvalue weighted by Crippen LogP contribution is -2.27. The van der Waals surface area contributed by atoms with Crippen LogP contribution in [0.3, 0.4) is 0 Å². The smallest absolute Gasteiger partial charge is 0.433 e. The van der Waals surface area contributed by atoms with Gasteiger partial charge < -0.3 is 10.1 Å². The number of carbonyl (C=O) groups excluding carboxylic acids is 1. The summed E-state index contributed by atoms with van der Waals surface area (Å²) in [6, 6.07) is 5.81. The monoisotopic (exact) mass is 417 g/mol. The Morgan fingerprint density at radius 2 is 2.00 bits per heavy atom. The Morgan fingerprint density at radius 3 is 2.64 bits per heavy atom. The number of rotatable bonds is 5. The summed E-state index contributed by atoms with van der Waals surface area (Å²) in [7, 11) is 1.48. The van der Waals surface area contributed by atoms with E-state index in [2.05, 4.69) is 31.2 Å². The van der Waals surface area contributed by atoms with Gasteiger partial charge in [-0.1, -0.05) is 0 Å². The number of halogens is 4. The van der Waals surface area contributed by atoms with Gasteiger partial charge in [-0.3, -0.25) is 4.79 Å². The van der Waals surface area contributed by atoms with Crippen LogP contribution in [-0.2, 0) is 12.6 Å². The number of ether oxygens (including phenoxy) is 1. The van der Waals surface area contributed by atoms with Crippen LogP contribution in [0.25, 0.3) is 0 Å². The van der Waals surface area contributed by atoms with E-state index in [-0.39, 0.29) is 30.4 Å². The van der Waals surface area contributed by atoms with Crippen molar-refractivity contribution in [3.05, 3.63) is 51.5 Å². The van der Waals surface area contributed by atoms with Crippen molar-refractivity contribution in [1.29, 1.82) is 0 Å². The molecule has 1 aromatic heterocycles. The molecule has 0 aliphatic rings. The van der Waals surface area contributed by atoms with Crippen LogP contribution in [0.4, 0.5) is 13.2 Å². The number of methoxy groups -OCH3 is 1. The zero-order chi connectivity index (χ0) is 18.6. The zero-order valence-corrected chi connectivity index (χ0v) is 15.0. The second-order valence-electron chi connectivity index (χ2n) is 5.16. The van der Waals surface area contributed by atoms with Crippen molar-refractivity contribution in [2.45, 2.75) is 19.5 Å². The van der Waals surface area contributed by atoms with Gasteiger partial charge in [0.05, 0.1) is 12.7 Å². The van der Waals surface area contributed by atoms with Gasteiger partial charge in [-0.2, -0.15) is 13.2 Å². The molecule has 0 bridgehead atoms. The molecule has 0 saturated heterocycles. The molecule has 25 heavy (non-hydrogen) atoms. The number of nitrogens with one attached hydrogen (secondary N) is 1. The molecular weight excluding hydrogens is 403 g/mol. The summed E-state index contributed by atoms with van der Waals surface area (Å²) in [5, 5.41) is 2.63. The highest BCUT2D eigenvalue weighted by Gasteiger charge is 2.33. The van der Waals surface area contributed by atoms with E-state index in [1.54, 1.807) is 18.2 Å². The fourth-order valence-corrected chi connectivity index (χ4v) is 2.50. The number of hydrogen-bond donors (Lipinski definition) is 1. The maximum absolute atomic E-state index is 12.8. The molecular formula is C16H15BrF3N3O2. The van der Waals surface area contributed by atoms with Crippen LogP contribution in [0.2, 0.25) is 0 Å². The SMILES string of the molecule is COc1ccc(Br)c(C(=O)NCCc2nc(C)cc(C(F)(F)F)n2)c1. The van der Waals surface area contributed by atoms with Gasteiger partial charge in [0.15, 0.2) is 0 Å². The van der Waals surface area contributed by atoms with E-state index in [0.29, 0.717) is 15.8 Å². The summed E-state index contributed by atoms with van der Waals surface area (Å²) in [6.45, 7) is 1.57. The molecule has 1 N–H and O–H groups in total. The fourth-order valence-electron chi connectivity index (χ4n) is 2.08. The molecule has 0 aliphatic heterocycles. The number of aromatic nitrogens is 2. The van der Waals surface area contributed by atoms with Gasteiger partial charge in [-0.25, -0.2) is 9.97 Å². The van der Waals surface area contributed by atoms with Gasteiger partial charge in [0, 0.05) is 23.1 Å². The van der Waals surface area contributed by atoms with E-state index >= 15 is 0 Å². The number of hydrogen-bond acceptors (Lipinski definition) is 4. The predicted molar refractivity (Wildman–Crippen MR) is 88.5 cm³/mol. The summed E-state index contributed by atoms with van der Waals surface area (Å²) in [4.78, 5) is 19.7. The first-order valence-electron chi connectivity index (χ1n) is 7.24. The number of aryl methyl sites for hydroxylation is 1. The number of carbonyl (C=O) groups is 1. The number of amides is 1. The summed E-state index contributed by atoms with van der Waals surface area (Å²) in [5.41, 5.74) is -0.406. The minimum Gasteiger partial charge on any atom is -0.497 e. The van der Waals surface area contributed by atoms with Crippen molar-refractivity contribution in [1.82, 2.24) is 15.3 Å². The third-order valence-corrected chi connectivity index (χ3v) is 3.93. The van der Waals surface area contributed by atoms with E-state index in [1.165, 1.54) is 14.0 Å². The Labute approximate surface area is 150 Å². The summed E-state index contributed by atoms with van der Waals surface area (Å²) in [5.74, 6) is 0.164. The number of nitrogens with zero attached hydrogens (tertiary/aromatic N) is 2. The van der Waals surface area contributed by atoms with Gasteiger partial charge in [0.25, 0.3) is 5.91 Å². The first-order chi connectivity index (χ1) is 11.7. The normalized spacial score (nSPS) is 11.3. The van der Waals surface area contributed by atoms with Crippen molar-refractivity contribution in [2.24, 2.45) is 0 Å². The third-order valence-electron chi connectivity index (χ3n) is 3.24. The van der Waals surface area contributed by atoms with Crippen molar-refractivity contribution in [2.75, 3.05) is 13.7 Å². The fraction of sp³-hybridized carbons (Fsp3) is 0.312. The Morgan fingerprint density at radius 1 is 1.28 bits per heavy atom. The molecule has 1 aromatic carbocycles. The number of alkyl halides is 3. The molecule has 1 heterocycles. The highest BCUT2D eigenvalue weighted by Crippen LogP contribution is 2.27. The third kappa shape index (κ3) is 5.15. The molecule has 1 amide bonds. The molecule has 9 heteroatoms. The summed E-state index contributed by atoms with van der Waals surface area (Å²) >= 11 is 3.27. The van der Waals surface area contributed by atoms with Crippen LogP contribution in [0.5, 0.6) is 5.75 Å². The summed E-state index contributed by atoms with van der Waals surface area (Å²) < 4.78 is 43.9. The predicted octanol–water partition coefficient (Wildman–Crippen LogP) is 3.55. The molecule has 0 unspecified atom stereocenters. The van der Waals surface area contributed by atoms with E-state index in [9.17, 15) is 18.0 Å². The van der Waals surface area contributed by atoms with E-state index in [4.69, 9.17) is 4.74 Å². The molecule has 0 spiro atoms. The van der Waals surface area contributed by atoms with Crippen LogP contribution in [0.1, 0.15) is 27.6 Å². The molecule has 5 nitrogen and oxygen atoms in total. The van der Waals surface area contributed by atoms with Gasteiger partial charge in [0.2, 0.25) is 0 Å². The first-order valence-corrected chi connectivity index (χ1v) is 8.03. The lowest BCUT2D eigenvalue weighted by molar-refractivity contribution is -0.141. The second kappa shape index (κ2) is 7.81. The zero-order valence-electron chi connectivity index (χ0n) is 13.4. The largest absolute Gasteiger partial charge is 0.497 e. The molecule has 2 rings (SSSR count). The van der Waals surface area contributed by atoms with Crippen molar-refractivity contribution in [3.8, 4) is 5.75 Å². The minimum absolute atomic E-state index is 0.0253. The van der Waals surface area contributed by atoms with Crippen molar-refractivity contribution < 1.29 is 22.7 Å². The Balaban J connectivity index is 2.04. The molecule has 2 aromatic rings. The molecule has 0 fully saturated rings. The lowest BCUT2D eigenvalue weighted by atomic mass is 10.2. The van der Waals surface area contributed by atoms with Crippen LogP contribution in [0.15, 0.2) is 28.7 Å². The highest BCUT2D eigenvalue weighted by atomic mass is 79.9. The lowest BCUT2D eigenvalue weighted by Gasteiger charge is -2.10. The molecule has 0 aliphatic carbocycles. The molecule has 134 valence electrons. The molecule has 0 radical (unpaired) electrons. The maximum atomic E-state index is 12.8. The van der Waals surface area contributed by atoms with E-state index in [1.807, 2.05) is 0 Å². The van der Waals surface area contributed by atoms with E-state index in [0.717, 1.165) is 6.07 Å². The quantitative estimate of drug-likeness (QED) is 0.807. The van der Waals surface area contributed by atoms with E-state index < -0.39 is 11.9 Å². The van der Waals surface area contributed by atoms with Crippen LogP contribution >= 0.6 is 15.9 Å². The number of benzene rings is 1. The van der Waals surface area contributed by atoms with Crippen LogP contribution in [0, 0.1) is 6.92 Å². The average Bonchev–Trinajstić information content (AvgIpc) is 2.54. The van der Waals surface area contributed by atoms with Crippen LogP contribution < -0.4 is 10.1 Å². The topological polar surface area (TPSA) is 64.1 Å². The second-order valence-corrected chi connectivity index (χ2v) is 6.01.